The van der Waals surface area contributed by atoms with Gasteiger partial charge >= 0.3 is 6.18 Å². The van der Waals surface area contributed by atoms with Crippen LogP contribution in [0.1, 0.15) is 43.9 Å². The summed E-state index contributed by atoms with van der Waals surface area (Å²) in [5.41, 5.74) is 0.385. The molecule has 0 unspecified atom stereocenters. The van der Waals surface area contributed by atoms with Crippen LogP contribution in [-0.2, 0) is 32.3 Å². The van der Waals surface area contributed by atoms with Crippen molar-refractivity contribution in [2.75, 3.05) is 23.7 Å². The Labute approximate surface area is 216 Å². The predicted molar refractivity (Wildman–Crippen MR) is 137 cm³/mol. The number of sulfonamides is 1. The Morgan fingerprint density at radius 3 is 2.19 bits per heavy atom. The molecule has 11 heteroatoms. The summed E-state index contributed by atoms with van der Waals surface area (Å²) >= 11 is 0. The first-order chi connectivity index (χ1) is 17.1. The fourth-order valence-electron chi connectivity index (χ4n) is 3.68. The Balaban J connectivity index is 2.46. The highest BCUT2D eigenvalue weighted by Gasteiger charge is 2.34. The Kier molecular flexibility index (Phi) is 10.1. The molecule has 1 atom stereocenters. The van der Waals surface area contributed by atoms with Gasteiger partial charge in [0, 0.05) is 13.1 Å². The molecular formula is C26H34F3N3O4S. The van der Waals surface area contributed by atoms with Crippen molar-refractivity contribution in [3.05, 3.63) is 65.2 Å². The number of hydrogen-bond acceptors (Lipinski definition) is 4. The molecule has 2 aromatic rings. The van der Waals surface area contributed by atoms with Crippen molar-refractivity contribution in [3.8, 4) is 0 Å². The lowest BCUT2D eigenvalue weighted by molar-refractivity contribution is -0.140. The van der Waals surface area contributed by atoms with E-state index in [9.17, 15) is 31.2 Å². The second kappa shape index (κ2) is 12.4. The van der Waals surface area contributed by atoms with Gasteiger partial charge in [0.25, 0.3) is 0 Å². The number of nitrogens with one attached hydrogen (secondary N) is 1. The number of carbonyl (C=O) groups excluding carboxylic acids is 2. The number of nitrogens with zero attached hydrogens (tertiary/aromatic N) is 2. The Bertz CT molecular complexity index is 1180. The molecule has 0 fully saturated rings. The zero-order valence-corrected chi connectivity index (χ0v) is 22.5. The molecular weight excluding hydrogens is 507 g/mol. The lowest BCUT2D eigenvalue weighted by Crippen LogP contribution is -2.52. The van der Waals surface area contributed by atoms with E-state index < -0.39 is 40.3 Å². The van der Waals surface area contributed by atoms with E-state index in [1.165, 1.54) is 11.0 Å². The maximum absolute atomic E-state index is 13.6. The first-order valence-electron chi connectivity index (χ1n) is 11.9. The fraction of sp³-hybridized carbons (Fsp3) is 0.462. The third-order valence-electron chi connectivity index (χ3n) is 5.68. The van der Waals surface area contributed by atoms with Crippen LogP contribution in [-0.4, -0.2) is 50.5 Å². The van der Waals surface area contributed by atoms with Crippen molar-refractivity contribution < 1.29 is 31.2 Å². The molecule has 7 nitrogen and oxygen atoms in total. The molecule has 0 heterocycles. The van der Waals surface area contributed by atoms with Gasteiger partial charge in [-0.15, -0.1) is 0 Å². The van der Waals surface area contributed by atoms with Crippen molar-refractivity contribution >= 4 is 27.5 Å². The van der Waals surface area contributed by atoms with Crippen LogP contribution in [0, 0.1) is 12.8 Å². The first-order valence-corrected chi connectivity index (χ1v) is 13.8. The molecule has 2 aromatic carbocycles. The number of amides is 2. The topological polar surface area (TPSA) is 86.8 Å². The monoisotopic (exact) mass is 541 g/mol. The summed E-state index contributed by atoms with van der Waals surface area (Å²) in [5.74, 6) is -0.930. The molecule has 0 aliphatic carbocycles. The zero-order chi connectivity index (χ0) is 28.0. The summed E-state index contributed by atoms with van der Waals surface area (Å²) in [5, 5.41) is 2.81. The number of halogens is 3. The third kappa shape index (κ3) is 8.77. The van der Waals surface area contributed by atoms with Gasteiger partial charge in [-0.2, -0.15) is 13.2 Å². The molecule has 0 aliphatic heterocycles. The standard InChI is InChI=1S/C26H34F3N3O4S/c1-6-23(25(34)30-15-18(2)3)31(16-20-12-10-19(4)11-13-20)24(33)17-32(37(5,35)36)22-9-7-8-21(14-22)26(27,28)29/h7-14,18,23H,6,15-17H2,1-5H3,(H,30,34)/t23-/m0/s1. The van der Waals surface area contributed by atoms with Crippen molar-refractivity contribution in [1.29, 1.82) is 0 Å². The smallest absolute Gasteiger partial charge is 0.354 e. The lowest BCUT2D eigenvalue weighted by Gasteiger charge is -2.33. The van der Waals surface area contributed by atoms with E-state index in [0.29, 0.717) is 16.9 Å². The summed E-state index contributed by atoms with van der Waals surface area (Å²) in [7, 11) is -4.14. The molecule has 0 saturated heterocycles. The van der Waals surface area contributed by atoms with Gasteiger partial charge in [-0.3, -0.25) is 13.9 Å². The minimum Gasteiger partial charge on any atom is -0.354 e. The van der Waals surface area contributed by atoms with Crippen molar-refractivity contribution in [1.82, 2.24) is 10.2 Å². The van der Waals surface area contributed by atoms with Gasteiger partial charge < -0.3 is 10.2 Å². The maximum Gasteiger partial charge on any atom is 0.416 e. The molecule has 204 valence electrons. The third-order valence-corrected chi connectivity index (χ3v) is 6.83. The minimum atomic E-state index is -4.69. The largest absolute Gasteiger partial charge is 0.416 e. The minimum absolute atomic E-state index is 0.0207. The van der Waals surface area contributed by atoms with E-state index in [-0.39, 0.29) is 30.5 Å². The molecule has 0 aliphatic rings. The molecule has 0 radical (unpaired) electrons. The highest BCUT2D eigenvalue weighted by molar-refractivity contribution is 7.92. The Hall–Kier alpha value is -3.08. The molecule has 0 saturated carbocycles. The van der Waals surface area contributed by atoms with Crippen LogP contribution in [0.25, 0.3) is 0 Å². The number of benzene rings is 2. The normalized spacial score (nSPS) is 12.8. The van der Waals surface area contributed by atoms with Crippen molar-refractivity contribution in [2.24, 2.45) is 5.92 Å². The van der Waals surface area contributed by atoms with Gasteiger partial charge in [0.15, 0.2) is 0 Å². The molecule has 2 amide bonds. The van der Waals surface area contributed by atoms with Crippen LogP contribution in [0.3, 0.4) is 0 Å². The fourth-order valence-corrected chi connectivity index (χ4v) is 4.52. The number of alkyl halides is 3. The quantitative estimate of drug-likeness (QED) is 0.458. The van der Waals surface area contributed by atoms with E-state index in [1.807, 2.05) is 32.9 Å². The number of aryl methyl sites for hydroxylation is 1. The maximum atomic E-state index is 13.6. The number of anilines is 1. The van der Waals surface area contributed by atoms with Gasteiger partial charge in [-0.05, 0) is 43.0 Å². The first kappa shape index (κ1) is 30.1. The van der Waals surface area contributed by atoms with Crippen molar-refractivity contribution in [3.63, 3.8) is 0 Å². The SMILES string of the molecule is CC[C@@H](C(=O)NCC(C)C)N(Cc1ccc(C)cc1)C(=O)CN(c1cccc(C(F)(F)F)c1)S(C)(=O)=O. The molecule has 37 heavy (non-hydrogen) atoms. The van der Waals surface area contributed by atoms with Gasteiger partial charge in [-0.1, -0.05) is 56.7 Å². The van der Waals surface area contributed by atoms with Gasteiger partial charge in [0.05, 0.1) is 17.5 Å². The molecule has 0 bridgehead atoms. The van der Waals surface area contributed by atoms with Crippen LogP contribution in [0.4, 0.5) is 18.9 Å². The molecule has 0 aromatic heterocycles. The predicted octanol–water partition coefficient (Wildman–Crippen LogP) is 4.36. The van der Waals surface area contributed by atoms with E-state index in [4.69, 9.17) is 0 Å². The molecule has 1 N–H and O–H groups in total. The van der Waals surface area contributed by atoms with Gasteiger partial charge in [0.2, 0.25) is 21.8 Å². The second-order valence-corrected chi connectivity index (χ2v) is 11.3. The van der Waals surface area contributed by atoms with Crippen LogP contribution in [0.2, 0.25) is 0 Å². The summed E-state index contributed by atoms with van der Waals surface area (Å²) in [6, 6.07) is 10.2. The van der Waals surface area contributed by atoms with Gasteiger partial charge in [0.1, 0.15) is 12.6 Å². The van der Waals surface area contributed by atoms with Crippen LogP contribution >= 0.6 is 0 Å². The average molecular weight is 542 g/mol. The van der Waals surface area contributed by atoms with E-state index in [2.05, 4.69) is 5.32 Å². The summed E-state index contributed by atoms with van der Waals surface area (Å²) in [6.07, 6.45) is -3.62. The summed E-state index contributed by atoms with van der Waals surface area (Å²) < 4.78 is 65.6. The molecule has 2 rings (SSSR count). The summed E-state index contributed by atoms with van der Waals surface area (Å²) in [4.78, 5) is 27.9. The van der Waals surface area contributed by atoms with Crippen molar-refractivity contribution in [2.45, 2.75) is 52.9 Å². The Morgan fingerprint density at radius 2 is 1.68 bits per heavy atom. The highest BCUT2D eigenvalue weighted by atomic mass is 32.2. The van der Waals surface area contributed by atoms with Crippen LogP contribution < -0.4 is 9.62 Å². The van der Waals surface area contributed by atoms with E-state index in [0.717, 1.165) is 29.5 Å². The van der Waals surface area contributed by atoms with E-state index >= 15 is 0 Å². The van der Waals surface area contributed by atoms with E-state index in [1.54, 1.807) is 19.1 Å². The number of hydrogen-bond donors (Lipinski definition) is 1. The summed E-state index contributed by atoms with van der Waals surface area (Å²) in [6.45, 7) is 7.13. The lowest BCUT2D eigenvalue weighted by atomic mass is 10.1. The Morgan fingerprint density at radius 1 is 1.05 bits per heavy atom. The number of carbonyl (C=O) groups is 2. The molecule has 0 spiro atoms. The van der Waals surface area contributed by atoms with Crippen LogP contribution in [0.5, 0.6) is 0 Å². The average Bonchev–Trinajstić information content (AvgIpc) is 2.81. The van der Waals surface area contributed by atoms with Gasteiger partial charge in [-0.25, -0.2) is 8.42 Å². The second-order valence-electron chi connectivity index (χ2n) is 9.39. The highest BCUT2D eigenvalue weighted by Crippen LogP contribution is 2.32. The number of rotatable bonds is 11. The zero-order valence-electron chi connectivity index (χ0n) is 21.7. The van der Waals surface area contributed by atoms with Crippen LogP contribution in [0.15, 0.2) is 48.5 Å².